The molecule has 0 amide bonds. The third-order valence-corrected chi connectivity index (χ3v) is 3.57. The first-order valence-corrected chi connectivity index (χ1v) is 6.38. The van der Waals surface area contributed by atoms with Gasteiger partial charge in [-0.2, -0.15) is 0 Å². The molecule has 0 fully saturated rings. The zero-order chi connectivity index (χ0) is 12.2. The maximum Gasteiger partial charge on any atom is 0.241 e. The Labute approximate surface area is 94.2 Å². The molecule has 0 aromatic heterocycles. The fourth-order valence-electron chi connectivity index (χ4n) is 1.22. The second kappa shape index (κ2) is 5.38. The molecular formula is C10H14FNO3S. The molecule has 90 valence electrons. The molecule has 0 bridgehead atoms. The van der Waals surface area contributed by atoms with Gasteiger partial charge < -0.3 is 5.11 Å². The molecule has 0 spiro atoms. The van der Waals surface area contributed by atoms with Crippen LogP contribution in [0, 0.1) is 5.82 Å². The molecule has 0 unspecified atom stereocenters. The molecule has 0 saturated heterocycles. The number of benzene rings is 1. The summed E-state index contributed by atoms with van der Waals surface area (Å²) in [5.41, 5.74) is 0.185. The van der Waals surface area contributed by atoms with Gasteiger partial charge in [-0.25, -0.2) is 17.5 Å². The molecule has 0 atom stereocenters. The summed E-state index contributed by atoms with van der Waals surface area (Å²) in [6.45, 7) is 1.66. The number of hydrogen-bond acceptors (Lipinski definition) is 3. The first kappa shape index (κ1) is 13.1. The predicted molar refractivity (Wildman–Crippen MR) is 57.8 cm³/mol. The van der Waals surface area contributed by atoms with Gasteiger partial charge in [0.2, 0.25) is 10.0 Å². The number of rotatable bonds is 5. The van der Waals surface area contributed by atoms with Gasteiger partial charge in [-0.15, -0.1) is 0 Å². The number of hydrogen-bond donors (Lipinski definition) is 2. The molecule has 0 aliphatic rings. The highest BCUT2D eigenvalue weighted by atomic mass is 32.2. The second-order valence-corrected chi connectivity index (χ2v) is 5.04. The van der Waals surface area contributed by atoms with E-state index in [0.717, 1.165) is 12.1 Å². The van der Waals surface area contributed by atoms with Crippen LogP contribution >= 0.6 is 0 Å². The van der Waals surface area contributed by atoms with Crippen LogP contribution < -0.4 is 4.72 Å². The van der Waals surface area contributed by atoms with Gasteiger partial charge >= 0.3 is 0 Å². The van der Waals surface area contributed by atoms with E-state index in [4.69, 9.17) is 5.11 Å². The van der Waals surface area contributed by atoms with Crippen LogP contribution in [0.15, 0.2) is 23.1 Å². The zero-order valence-electron chi connectivity index (χ0n) is 8.90. The van der Waals surface area contributed by atoms with Gasteiger partial charge in [0.05, 0.1) is 11.5 Å². The van der Waals surface area contributed by atoms with E-state index < -0.39 is 22.4 Å². The standard InChI is InChI=1S/C10H14FNO3S/c1-2-5-12-16(14,15)10-6-9(11)4-3-8(10)7-13/h3-4,6,12-13H,2,5,7H2,1H3. The molecule has 1 aromatic carbocycles. The van der Waals surface area contributed by atoms with Crippen molar-refractivity contribution in [2.24, 2.45) is 0 Å². The number of aliphatic hydroxyl groups excluding tert-OH is 1. The van der Waals surface area contributed by atoms with Crippen LogP contribution in [-0.2, 0) is 16.6 Å². The van der Waals surface area contributed by atoms with Crippen LogP contribution in [-0.4, -0.2) is 20.1 Å². The van der Waals surface area contributed by atoms with Gasteiger partial charge in [-0.05, 0) is 24.1 Å². The van der Waals surface area contributed by atoms with E-state index in [0.29, 0.717) is 6.42 Å². The Hall–Kier alpha value is -0.980. The first-order valence-electron chi connectivity index (χ1n) is 4.90. The number of nitrogens with one attached hydrogen (secondary N) is 1. The smallest absolute Gasteiger partial charge is 0.241 e. The Balaban J connectivity index is 3.15. The van der Waals surface area contributed by atoms with E-state index >= 15 is 0 Å². The van der Waals surface area contributed by atoms with Crippen molar-refractivity contribution in [1.29, 1.82) is 0 Å². The summed E-state index contributed by atoms with van der Waals surface area (Å²) >= 11 is 0. The minimum Gasteiger partial charge on any atom is -0.392 e. The third-order valence-electron chi connectivity index (χ3n) is 2.03. The Morgan fingerprint density at radius 2 is 2.12 bits per heavy atom. The monoisotopic (exact) mass is 247 g/mol. The van der Waals surface area contributed by atoms with E-state index in [1.165, 1.54) is 6.07 Å². The summed E-state index contributed by atoms with van der Waals surface area (Å²) in [7, 11) is -3.74. The molecule has 4 nitrogen and oxygen atoms in total. The van der Waals surface area contributed by atoms with Gasteiger partial charge in [0, 0.05) is 6.54 Å². The lowest BCUT2D eigenvalue weighted by molar-refractivity contribution is 0.278. The number of halogens is 1. The molecule has 0 radical (unpaired) electrons. The van der Waals surface area contributed by atoms with Crippen LogP contribution in [0.2, 0.25) is 0 Å². The summed E-state index contributed by atoms with van der Waals surface area (Å²) in [4.78, 5) is -0.205. The van der Waals surface area contributed by atoms with Crippen molar-refractivity contribution in [3.63, 3.8) is 0 Å². The van der Waals surface area contributed by atoms with Gasteiger partial charge in [-0.1, -0.05) is 13.0 Å². The van der Waals surface area contributed by atoms with E-state index in [1.807, 2.05) is 6.92 Å². The minimum absolute atomic E-state index is 0.185. The first-order chi connectivity index (χ1) is 7.51. The quantitative estimate of drug-likeness (QED) is 0.816. The molecule has 0 aliphatic heterocycles. The lowest BCUT2D eigenvalue weighted by atomic mass is 10.2. The average Bonchev–Trinajstić information content (AvgIpc) is 2.26. The summed E-state index contributed by atoms with van der Waals surface area (Å²) in [5, 5.41) is 8.98. The van der Waals surface area contributed by atoms with Crippen molar-refractivity contribution in [3.05, 3.63) is 29.6 Å². The molecule has 16 heavy (non-hydrogen) atoms. The Bertz CT molecular complexity index is 459. The SMILES string of the molecule is CCCNS(=O)(=O)c1cc(F)ccc1CO. The minimum atomic E-state index is -3.74. The van der Waals surface area contributed by atoms with Crippen molar-refractivity contribution in [2.75, 3.05) is 6.54 Å². The lowest BCUT2D eigenvalue weighted by Crippen LogP contribution is -2.25. The van der Waals surface area contributed by atoms with E-state index in [1.54, 1.807) is 0 Å². The van der Waals surface area contributed by atoms with E-state index in [2.05, 4.69) is 4.72 Å². The normalized spacial score (nSPS) is 11.7. The lowest BCUT2D eigenvalue weighted by Gasteiger charge is -2.09. The van der Waals surface area contributed by atoms with Crippen molar-refractivity contribution in [1.82, 2.24) is 4.72 Å². The maximum atomic E-state index is 13.0. The van der Waals surface area contributed by atoms with Crippen molar-refractivity contribution in [2.45, 2.75) is 24.8 Å². The van der Waals surface area contributed by atoms with Crippen molar-refractivity contribution in [3.8, 4) is 0 Å². The topological polar surface area (TPSA) is 66.4 Å². The summed E-state index contributed by atoms with van der Waals surface area (Å²) < 4.78 is 38.8. The third kappa shape index (κ3) is 3.01. The highest BCUT2D eigenvalue weighted by Crippen LogP contribution is 2.17. The molecule has 1 rings (SSSR count). The Morgan fingerprint density at radius 1 is 1.44 bits per heavy atom. The largest absolute Gasteiger partial charge is 0.392 e. The van der Waals surface area contributed by atoms with E-state index in [9.17, 15) is 12.8 Å². The van der Waals surface area contributed by atoms with Gasteiger partial charge in [0.25, 0.3) is 0 Å². The molecular weight excluding hydrogens is 233 g/mol. The fraction of sp³-hybridized carbons (Fsp3) is 0.400. The maximum absolute atomic E-state index is 13.0. The van der Waals surface area contributed by atoms with Crippen LogP contribution in [0.3, 0.4) is 0 Å². The molecule has 0 heterocycles. The van der Waals surface area contributed by atoms with Gasteiger partial charge in [0.1, 0.15) is 5.82 Å². The molecule has 0 aliphatic carbocycles. The van der Waals surface area contributed by atoms with E-state index in [-0.39, 0.29) is 17.0 Å². The fourth-order valence-corrected chi connectivity index (χ4v) is 2.60. The Morgan fingerprint density at radius 3 is 2.69 bits per heavy atom. The Kier molecular flexibility index (Phi) is 4.40. The second-order valence-electron chi connectivity index (χ2n) is 3.31. The van der Waals surface area contributed by atoms with Crippen LogP contribution in [0.5, 0.6) is 0 Å². The van der Waals surface area contributed by atoms with Crippen molar-refractivity contribution < 1.29 is 17.9 Å². The highest BCUT2D eigenvalue weighted by Gasteiger charge is 2.18. The number of aliphatic hydroxyl groups is 1. The van der Waals surface area contributed by atoms with Crippen LogP contribution in [0.1, 0.15) is 18.9 Å². The molecule has 2 N–H and O–H groups in total. The molecule has 0 saturated carbocycles. The average molecular weight is 247 g/mol. The van der Waals surface area contributed by atoms with Crippen LogP contribution in [0.4, 0.5) is 4.39 Å². The summed E-state index contributed by atoms with van der Waals surface area (Å²) in [6, 6.07) is 3.28. The van der Waals surface area contributed by atoms with Gasteiger partial charge in [0.15, 0.2) is 0 Å². The highest BCUT2D eigenvalue weighted by molar-refractivity contribution is 7.89. The molecule has 1 aromatic rings. The van der Waals surface area contributed by atoms with Gasteiger partial charge in [-0.3, -0.25) is 0 Å². The zero-order valence-corrected chi connectivity index (χ0v) is 9.72. The number of sulfonamides is 1. The van der Waals surface area contributed by atoms with Crippen molar-refractivity contribution >= 4 is 10.0 Å². The summed E-state index contributed by atoms with van der Waals surface area (Å²) in [5.74, 6) is -0.644. The summed E-state index contributed by atoms with van der Waals surface area (Å²) in [6.07, 6.45) is 0.642. The predicted octanol–water partition coefficient (Wildman–Crippen LogP) is 1.01. The van der Waals surface area contributed by atoms with Crippen LogP contribution in [0.25, 0.3) is 0 Å². The molecule has 6 heteroatoms.